The second-order valence-electron chi connectivity index (χ2n) is 4.72. The molecule has 2 aromatic carbocycles. The normalized spacial score (nSPS) is 12.4. The second kappa shape index (κ2) is 7.18. The number of hydrogen-bond donors (Lipinski definition) is 2. The van der Waals surface area contributed by atoms with Crippen LogP contribution in [-0.2, 0) is 12.8 Å². The van der Waals surface area contributed by atoms with Gasteiger partial charge < -0.3 is 0 Å². The molecular formula is C15H14Cl2F2N2. The van der Waals surface area contributed by atoms with Gasteiger partial charge in [-0.15, -0.1) is 0 Å². The van der Waals surface area contributed by atoms with E-state index in [1.54, 1.807) is 18.2 Å². The van der Waals surface area contributed by atoms with Crippen LogP contribution in [0.4, 0.5) is 8.78 Å². The van der Waals surface area contributed by atoms with Crippen molar-refractivity contribution in [2.24, 2.45) is 5.84 Å². The van der Waals surface area contributed by atoms with Crippen molar-refractivity contribution in [3.8, 4) is 0 Å². The zero-order valence-corrected chi connectivity index (χ0v) is 12.6. The van der Waals surface area contributed by atoms with E-state index in [1.165, 1.54) is 18.2 Å². The molecule has 0 aliphatic rings. The van der Waals surface area contributed by atoms with Crippen LogP contribution in [0.1, 0.15) is 11.1 Å². The molecule has 0 aromatic heterocycles. The molecule has 0 saturated carbocycles. The third kappa shape index (κ3) is 4.14. The molecule has 1 atom stereocenters. The van der Waals surface area contributed by atoms with Crippen molar-refractivity contribution >= 4 is 23.2 Å². The van der Waals surface area contributed by atoms with E-state index < -0.39 is 5.82 Å². The zero-order chi connectivity index (χ0) is 15.4. The number of nitrogens with two attached hydrogens (primary N) is 1. The predicted octanol–water partition coefficient (Wildman–Crippen LogP) is 3.89. The highest BCUT2D eigenvalue weighted by Crippen LogP contribution is 2.22. The standard InChI is InChI=1S/C15H14Cl2F2N2/c16-12-2-1-3-14(18)11(12)8-10(21-20)6-9-4-5-15(19)13(17)7-9/h1-5,7,10,21H,6,8,20H2. The van der Waals surface area contributed by atoms with Crippen molar-refractivity contribution < 1.29 is 8.78 Å². The van der Waals surface area contributed by atoms with Gasteiger partial charge in [0, 0.05) is 16.6 Å². The molecule has 2 rings (SSSR count). The number of hydrogen-bond acceptors (Lipinski definition) is 2. The monoisotopic (exact) mass is 330 g/mol. The van der Waals surface area contributed by atoms with Gasteiger partial charge in [-0.2, -0.15) is 0 Å². The summed E-state index contributed by atoms with van der Waals surface area (Å²) in [5, 5.41) is 0.402. The Hall–Kier alpha value is -1.20. The largest absolute Gasteiger partial charge is 0.271 e. The van der Waals surface area contributed by atoms with Gasteiger partial charge in [-0.05, 0) is 42.7 Å². The van der Waals surface area contributed by atoms with Gasteiger partial charge in [0.25, 0.3) is 0 Å². The molecule has 0 bridgehead atoms. The second-order valence-corrected chi connectivity index (χ2v) is 5.53. The fraction of sp³-hybridized carbons (Fsp3) is 0.200. The Bertz CT molecular complexity index is 615. The first kappa shape index (κ1) is 16.2. The fourth-order valence-electron chi connectivity index (χ4n) is 2.11. The number of halogens is 4. The summed E-state index contributed by atoms with van der Waals surface area (Å²) in [6, 6.07) is 8.72. The fourth-order valence-corrected chi connectivity index (χ4v) is 2.56. The van der Waals surface area contributed by atoms with E-state index in [0.717, 1.165) is 5.56 Å². The minimum Gasteiger partial charge on any atom is -0.271 e. The van der Waals surface area contributed by atoms with E-state index in [4.69, 9.17) is 29.0 Å². The van der Waals surface area contributed by atoms with E-state index >= 15 is 0 Å². The average molecular weight is 331 g/mol. The maximum Gasteiger partial charge on any atom is 0.141 e. The van der Waals surface area contributed by atoms with Crippen molar-refractivity contribution in [3.63, 3.8) is 0 Å². The highest BCUT2D eigenvalue weighted by Gasteiger charge is 2.15. The lowest BCUT2D eigenvalue weighted by atomic mass is 9.99. The molecule has 3 N–H and O–H groups in total. The molecule has 0 aliphatic carbocycles. The Balaban J connectivity index is 2.15. The Morgan fingerprint density at radius 1 is 1.00 bits per heavy atom. The van der Waals surface area contributed by atoms with Gasteiger partial charge in [0.2, 0.25) is 0 Å². The molecule has 0 fully saturated rings. The molecule has 112 valence electrons. The van der Waals surface area contributed by atoms with Crippen molar-refractivity contribution in [3.05, 3.63) is 69.2 Å². The average Bonchev–Trinajstić information content (AvgIpc) is 2.45. The molecule has 2 aromatic rings. The number of hydrazine groups is 1. The van der Waals surface area contributed by atoms with Crippen LogP contribution in [0.5, 0.6) is 0 Å². The van der Waals surface area contributed by atoms with Crippen molar-refractivity contribution in [2.45, 2.75) is 18.9 Å². The van der Waals surface area contributed by atoms with Crippen LogP contribution in [-0.4, -0.2) is 6.04 Å². The lowest BCUT2D eigenvalue weighted by Gasteiger charge is -2.17. The van der Waals surface area contributed by atoms with Gasteiger partial charge in [0.1, 0.15) is 11.6 Å². The van der Waals surface area contributed by atoms with E-state index in [2.05, 4.69) is 5.43 Å². The van der Waals surface area contributed by atoms with Crippen molar-refractivity contribution in [1.82, 2.24) is 5.43 Å². The van der Waals surface area contributed by atoms with Gasteiger partial charge in [0.05, 0.1) is 5.02 Å². The highest BCUT2D eigenvalue weighted by atomic mass is 35.5. The van der Waals surface area contributed by atoms with Crippen LogP contribution in [0.3, 0.4) is 0 Å². The summed E-state index contributed by atoms with van der Waals surface area (Å²) >= 11 is 11.7. The lowest BCUT2D eigenvalue weighted by Crippen LogP contribution is -2.38. The Labute approximate surface area is 131 Å². The van der Waals surface area contributed by atoms with Crippen LogP contribution in [0.25, 0.3) is 0 Å². The first-order chi connectivity index (χ1) is 10.0. The summed E-state index contributed by atoms with van der Waals surface area (Å²) in [5.41, 5.74) is 3.83. The molecule has 2 nitrogen and oxygen atoms in total. The topological polar surface area (TPSA) is 38.0 Å². The Morgan fingerprint density at radius 2 is 1.76 bits per heavy atom. The summed E-state index contributed by atoms with van der Waals surface area (Å²) in [5.74, 6) is 4.66. The van der Waals surface area contributed by atoms with Crippen molar-refractivity contribution in [1.29, 1.82) is 0 Å². The molecule has 21 heavy (non-hydrogen) atoms. The highest BCUT2D eigenvalue weighted by molar-refractivity contribution is 6.31. The molecule has 1 unspecified atom stereocenters. The summed E-state index contributed by atoms with van der Waals surface area (Å²) in [6.45, 7) is 0. The molecule has 0 spiro atoms. The Morgan fingerprint density at radius 3 is 2.38 bits per heavy atom. The van der Waals surface area contributed by atoms with Gasteiger partial charge in [-0.1, -0.05) is 35.3 Å². The summed E-state index contributed by atoms with van der Waals surface area (Å²) in [6.07, 6.45) is 0.790. The summed E-state index contributed by atoms with van der Waals surface area (Å²) in [4.78, 5) is 0. The smallest absolute Gasteiger partial charge is 0.141 e. The van der Waals surface area contributed by atoms with Crippen LogP contribution in [0, 0.1) is 11.6 Å². The molecular weight excluding hydrogens is 317 g/mol. The maximum atomic E-state index is 13.8. The van der Waals surface area contributed by atoms with Crippen LogP contribution in [0.2, 0.25) is 10.0 Å². The molecule has 0 amide bonds. The summed E-state index contributed by atoms with van der Waals surface area (Å²) < 4.78 is 26.9. The zero-order valence-electron chi connectivity index (χ0n) is 11.0. The minimum absolute atomic E-state index is 0.0483. The third-order valence-corrected chi connectivity index (χ3v) is 3.86. The molecule has 0 heterocycles. The van der Waals surface area contributed by atoms with Crippen molar-refractivity contribution in [2.75, 3.05) is 0 Å². The molecule has 0 radical (unpaired) electrons. The maximum absolute atomic E-state index is 13.8. The quantitative estimate of drug-likeness (QED) is 0.644. The first-order valence-corrected chi connectivity index (χ1v) is 7.09. The molecule has 0 aliphatic heterocycles. The van der Waals surface area contributed by atoms with Crippen LogP contribution >= 0.6 is 23.2 Å². The SMILES string of the molecule is NNC(Cc1ccc(F)c(Cl)c1)Cc1c(F)cccc1Cl. The third-order valence-electron chi connectivity index (χ3n) is 3.21. The van der Waals surface area contributed by atoms with Gasteiger partial charge in [-0.25, -0.2) is 8.78 Å². The molecule has 6 heteroatoms. The molecule has 0 saturated heterocycles. The Kier molecular flexibility index (Phi) is 5.53. The predicted molar refractivity (Wildman–Crippen MR) is 81.3 cm³/mol. The number of rotatable bonds is 5. The minimum atomic E-state index is -0.477. The van der Waals surface area contributed by atoms with E-state index in [1.807, 2.05) is 0 Å². The number of nitrogens with one attached hydrogen (secondary N) is 1. The van der Waals surface area contributed by atoms with E-state index in [-0.39, 0.29) is 16.9 Å². The van der Waals surface area contributed by atoms with Gasteiger partial charge in [-0.3, -0.25) is 11.3 Å². The van der Waals surface area contributed by atoms with E-state index in [0.29, 0.717) is 23.4 Å². The van der Waals surface area contributed by atoms with Gasteiger partial charge in [0.15, 0.2) is 0 Å². The van der Waals surface area contributed by atoms with Crippen LogP contribution < -0.4 is 11.3 Å². The summed E-state index contributed by atoms with van der Waals surface area (Å²) in [7, 11) is 0. The van der Waals surface area contributed by atoms with E-state index in [9.17, 15) is 8.78 Å². The first-order valence-electron chi connectivity index (χ1n) is 6.34. The van der Waals surface area contributed by atoms with Gasteiger partial charge >= 0.3 is 0 Å². The van der Waals surface area contributed by atoms with Crippen LogP contribution in [0.15, 0.2) is 36.4 Å². The number of benzene rings is 2. The lowest BCUT2D eigenvalue weighted by molar-refractivity contribution is 0.506.